The molecule has 0 unspecified atom stereocenters. The number of nitrogens with zero attached hydrogens (tertiary/aromatic N) is 1. The van der Waals surface area contributed by atoms with E-state index in [0.29, 0.717) is 11.4 Å². The second-order valence-corrected chi connectivity index (χ2v) is 8.79. The Morgan fingerprint density at radius 1 is 1.48 bits per heavy atom. The molecule has 0 spiro atoms. The number of nitrogens with one attached hydrogen (secondary N) is 2. The number of aliphatic carboxylic acids is 1. The summed E-state index contributed by atoms with van der Waals surface area (Å²) in [5.41, 5.74) is 5.17. The summed E-state index contributed by atoms with van der Waals surface area (Å²) in [5, 5.41) is 26.1. The highest BCUT2D eigenvalue weighted by molar-refractivity contribution is 8.03. The van der Waals surface area contributed by atoms with Gasteiger partial charge in [0.15, 0.2) is 0 Å². The first kappa shape index (κ1) is 20.1. The minimum absolute atomic E-state index is 0.0645. The molecular weight excluding hydrogens is 372 g/mol. The van der Waals surface area contributed by atoms with E-state index in [9.17, 15) is 24.6 Å². The maximum Gasteiger partial charge on any atom is 0.353 e. The Bertz CT molecular complexity index is 682. The predicted molar refractivity (Wildman–Crippen MR) is 99.5 cm³/mol. The lowest BCUT2D eigenvalue weighted by atomic mass is 9.79. The number of rotatable bonds is 8. The van der Waals surface area contributed by atoms with Crippen molar-refractivity contribution in [2.75, 3.05) is 19.6 Å². The van der Waals surface area contributed by atoms with E-state index in [1.165, 1.54) is 16.7 Å². The van der Waals surface area contributed by atoms with Gasteiger partial charge in [-0.1, -0.05) is 6.92 Å². The quantitative estimate of drug-likeness (QED) is 0.317. The van der Waals surface area contributed by atoms with E-state index in [1.54, 1.807) is 6.92 Å². The van der Waals surface area contributed by atoms with Crippen LogP contribution in [0.1, 0.15) is 20.3 Å². The average molecular weight is 398 g/mol. The second-order valence-electron chi connectivity index (χ2n) is 7.45. The Hall–Kier alpha value is -1.62. The van der Waals surface area contributed by atoms with Crippen molar-refractivity contribution in [1.82, 2.24) is 15.5 Å². The van der Waals surface area contributed by atoms with Crippen molar-refractivity contribution in [3.8, 4) is 0 Å². The lowest BCUT2D eigenvalue weighted by Gasteiger charge is -2.46. The van der Waals surface area contributed by atoms with E-state index in [0.717, 1.165) is 13.0 Å². The lowest BCUT2D eigenvalue weighted by Crippen LogP contribution is -2.63. The summed E-state index contributed by atoms with van der Waals surface area (Å²) >= 11 is 1.51. The summed E-state index contributed by atoms with van der Waals surface area (Å²) in [4.78, 5) is 37.0. The van der Waals surface area contributed by atoms with Gasteiger partial charge >= 0.3 is 5.97 Å². The molecule has 0 aliphatic carbocycles. The molecule has 0 bridgehead atoms. The molecule has 0 aromatic heterocycles. The van der Waals surface area contributed by atoms with Gasteiger partial charge in [-0.2, -0.15) is 0 Å². The number of carbonyl (C=O) groups excluding carboxylic acids is 2. The number of primary amides is 1. The number of hydrogen-bond acceptors (Lipinski definition) is 7. The van der Waals surface area contributed by atoms with Crippen molar-refractivity contribution in [3.05, 3.63) is 10.6 Å². The van der Waals surface area contributed by atoms with Gasteiger partial charge in [0.2, 0.25) is 11.8 Å². The van der Waals surface area contributed by atoms with Gasteiger partial charge in [0.25, 0.3) is 0 Å². The number of thioether (sulfide) groups is 1. The van der Waals surface area contributed by atoms with Gasteiger partial charge in [-0.15, -0.1) is 11.8 Å². The van der Waals surface area contributed by atoms with Crippen molar-refractivity contribution in [2.45, 2.75) is 43.7 Å². The van der Waals surface area contributed by atoms with Crippen LogP contribution in [0.25, 0.3) is 0 Å². The molecule has 3 rings (SSSR count). The highest BCUT2D eigenvalue weighted by Crippen LogP contribution is 2.51. The molecular formula is C17H26N4O5S. The normalized spacial score (nSPS) is 33.8. The Labute approximate surface area is 161 Å². The average Bonchev–Trinajstić information content (AvgIpc) is 3.09. The first-order chi connectivity index (χ1) is 12.7. The fourth-order valence-corrected chi connectivity index (χ4v) is 5.77. The third kappa shape index (κ3) is 3.71. The van der Waals surface area contributed by atoms with Crippen LogP contribution in [0.2, 0.25) is 0 Å². The number of fused-ring (bicyclic) bond motifs is 1. The summed E-state index contributed by atoms with van der Waals surface area (Å²) in [5.74, 6) is -2.48. The molecule has 2 fully saturated rings. The molecule has 3 aliphatic heterocycles. The van der Waals surface area contributed by atoms with Crippen LogP contribution in [0, 0.1) is 11.8 Å². The molecule has 2 saturated heterocycles. The second kappa shape index (κ2) is 7.78. The Morgan fingerprint density at radius 2 is 2.19 bits per heavy atom. The molecule has 27 heavy (non-hydrogen) atoms. The number of amides is 2. The minimum Gasteiger partial charge on any atom is -0.477 e. The molecule has 0 radical (unpaired) electrons. The van der Waals surface area contributed by atoms with Crippen LogP contribution in [-0.2, 0) is 14.4 Å². The largest absolute Gasteiger partial charge is 0.477 e. The number of carboxylic acids is 1. The van der Waals surface area contributed by atoms with Crippen molar-refractivity contribution in [2.24, 2.45) is 17.6 Å². The molecule has 6 N–H and O–H groups in total. The molecule has 0 aromatic rings. The maximum absolute atomic E-state index is 12.4. The molecule has 10 heteroatoms. The maximum atomic E-state index is 12.4. The SMILES string of the molecule is C[C@@H](O)[C@H]1C(=O)N2C(C(=O)O)=C(S[C@@H]3CN[C@H](CNCC(N)=O)C3)[C@H](C)[C@H]12. The molecule has 3 aliphatic rings. The fourth-order valence-electron chi connectivity index (χ4n) is 4.26. The molecule has 9 nitrogen and oxygen atoms in total. The van der Waals surface area contributed by atoms with Crippen molar-refractivity contribution < 1.29 is 24.6 Å². The summed E-state index contributed by atoms with van der Waals surface area (Å²) in [6.45, 7) is 4.95. The van der Waals surface area contributed by atoms with Crippen LogP contribution < -0.4 is 16.4 Å². The van der Waals surface area contributed by atoms with E-state index < -0.39 is 23.9 Å². The summed E-state index contributed by atoms with van der Waals surface area (Å²) in [6, 6.07) is -0.107. The van der Waals surface area contributed by atoms with Crippen LogP contribution in [0.4, 0.5) is 0 Å². The summed E-state index contributed by atoms with van der Waals surface area (Å²) in [6.07, 6.45) is 0.0206. The van der Waals surface area contributed by atoms with Gasteiger partial charge in [0, 0.05) is 35.2 Å². The number of β-lactam (4-membered cyclic amide) rings is 1. The summed E-state index contributed by atoms with van der Waals surface area (Å²) < 4.78 is 0. The van der Waals surface area contributed by atoms with E-state index in [2.05, 4.69) is 10.6 Å². The van der Waals surface area contributed by atoms with Crippen LogP contribution in [0.15, 0.2) is 10.6 Å². The van der Waals surface area contributed by atoms with Crippen molar-refractivity contribution >= 4 is 29.5 Å². The molecule has 6 atom stereocenters. The third-order valence-electron chi connectivity index (χ3n) is 5.48. The zero-order chi connectivity index (χ0) is 19.9. The van der Waals surface area contributed by atoms with Crippen LogP contribution in [0.3, 0.4) is 0 Å². The highest BCUT2D eigenvalue weighted by Gasteiger charge is 2.60. The van der Waals surface area contributed by atoms with E-state index in [1.807, 2.05) is 6.92 Å². The molecule has 3 heterocycles. The highest BCUT2D eigenvalue weighted by atomic mass is 32.2. The Balaban J connectivity index is 1.66. The topological polar surface area (TPSA) is 145 Å². The number of aliphatic hydroxyl groups is 1. The van der Waals surface area contributed by atoms with Crippen molar-refractivity contribution in [3.63, 3.8) is 0 Å². The number of aliphatic hydroxyl groups excluding tert-OH is 1. The van der Waals surface area contributed by atoms with E-state index in [-0.39, 0.29) is 41.4 Å². The smallest absolute Gasteiger partial charge is 0.353 e. The molecule has 0 saturated carbocycles. The zero-order valence-electron chi connectivity index (χ0n) is 15.3. The predicted octanol–water partition coefficient (Wildman–Crippen LogP) is -1.32. The van der Waals surface area contributed by atoms with Crippen LogP contribution in [-0.4, -0.2) is 76.0 Å². The molecule has 0 aromatic carbocycles. The van der Waals surface area contributed by atoms with Gasteiger partial charge < -0.3 is 31.5 Å². The first-order valence-corrected chi connectivity index (χ1v) is 9.98. The number of carbonyl (C=O) groups is 3. The van der Waals surface area contributed by atoms with Gasteiger partial charge in [-0.25, -0.2) is 4.79 Å². The zero-order valence-corrected chi connectivity index (χ0v) is 16.2. The first-order valence-electron chi connectivity index (χ1n) is 9.10. The van der Waals surface area contributed by atoms with Gasteiger partial charge in [-0.3, -0.25) is 9.59 Å². The summed E-state index contributed by atoms with van der Waals surface area (Å²) in [7, 11) is 0. The standard InChI is InChI=1S/C17H26N4O5S/c1-7-13-12(8(2)22)16(24)21(13)14(17(25)26)15(7)27-10-3-9(20-5-10)4-19-6-11(18)23/h7-10,12-13,19-20,22H,3-6H2,1-2H3,(H2,18,23)(H,25,26)/t7-,8-,9+,10+,12-,13-/m1/s1. The molecule has 2 amide bonds. The van der Waals surface area contributed by atoms with E-state index in [4.69, 9.17) is 5.73 Å². The van der Waals surface area contributed by atoms with Gasteiger partial charge in [-0.05, 0) is 13.3 Å². The van der Waals surface area contributed by atoms with E-state index >= 15 is 0 Å². The number of hydrogen-bond donors (Lipinski definition) is 5. The minimum atomic E-state index is -1.10. The number of nitrogens with two attached hydrogens (primary N) is 1. The Morgan fingerprint density at radius 3 is 2.78 bits per heavy atom. The lowest BCUT2D eigenvalue weighted by molar-refractivity contribution is -0.163. The third-order valence-corrected chi connectivity index (χ3v) is 6.99. The fraction of sp³-hybridized carbons (Fsp3) is 0.706. The van der Waals surface area contributed by atoms with Crippen molar-refractivity contribution in [1.29, 1.82) is 0 Å². The molecule has 150 valence electrons. The van der Waals surface area contributed by atoms with Crippen LogP contribution >= 0.6 is 11.8 Å². The van der Waals surface area contributed by atoms with Crippen LogP contribution in [0.5, 0.6) is 0 Å². The Kier molecular flexibility index (Phi) is 5.80. The monoisotopic (exact) mass is 398 g/mol. The number of carboxylic acid groups (broad SMARTS) is 1. The van der Waals surface area contributed by atoms with Gasteiger partial charge in [0.05, 0.1) is 24.6 Å². The van der Waals surface area contributed by atoms with Gasteiger partial charge in [0.1, 0.15) is 5.70 Å².